The number of benzene rings is 1. The van der Waals surface area contributed by atoms with Crippen molar-refractivity contribution >= 4 is 22.6 Å². The largest absolute Gasteiger partial charge is 0.308 e. The molecule has 1 fully saturated rings. The van der Waals surface area contributed by atoms with Crippen molar-refractivity contribution in [2.24, 2.45) is 0 Å². The fourth-order valence-electron chi connectivity index (χ4n) is 3.21. The van der Waals surface area contributed by atoms with Crippen molar-refractivity contribution in [2.75, 3.05) is 45.1 Å². The molecule has 3 aromatic rings. The molecule has 1 aliphatic rings. The highest BCUT2D eigenvalue weighted by molar-refractivity contribution is 5.93. The van der Waals surface area contributed by atoms with Gasteiger partial charge in [0, 0.05) is 49.5 Å². The van der Waals surface area contributed by atoms with E-state index in [0.29, 0.717) is 12.4 Å². The van der Waals surface area contributed by atoms with E-state index in [9.17, 15) is 4.79 Å². The molecule has 0 atom stereocenters. The smallest absolute Gasteiger partial charge is 0.239 e. The van der Waals surface area contributed by atoms with E-state index >= 15 is 0 Å². The number of hydrogen-bond donors (Lipinski definition) is 1. The van der Waals surface area contributed by atoms with Crippen molar-refractivity contribution in [3.05, 3.63) is 48.8 Å². The SMILES string of the molecule is CN1CCN(CC(=O)Nc2cc3cc(-c4cccnc4)ccc3nn2)CC1. The van der Waals surface area contributed by atoms with Crippen molar-refractivity contribution in [1.29, 1.82) is 0 Å². The Morgan fingerprint density at radius 3 is 2.70 bits per heavy atom. The molecule has 4 rings (SSSR count). The monoisotopic (exact) mass is 362 g/mol. The molecular weight excluding hydrogens is 340 g/mol. The fourth-order valence-corrected chi connectivity index (χ4v) is 3.21. The Morgan fingerprint density at radius 2 is 1.93 bits per heavy atom. The van der Waals surface area contributed by atoms with E-state index in [4.69, 9.17) is 0 Å². The van der Waals surface area contributed by atoms with Crippen LogP contribution in [-0.4, -0.2) is 70.7 Å². The van der Waals surface area contributed by atoms with Gasteiger partial charge in [0.1, 0.15) is 0 Å². The first kappa shape index (κ1) is 17.5. The summed E-state index contributed by atoms with van der Waals surface area (Å²) >= 11 is 0. The second-order valence-electron chi connectivity index (χ2n) is 6.87. The van der Waals surface area contributed by atoms with Gasteiger partial charge < -0.3 is 10.2 Å². The summed E-state index contributed by atoms with van der Waals surface area (Å²) in [5.74, 6) is 0.418. The average molecular weight is 362 g/mol. The molecule has 1 saturated heterocycles. The Labute approximate surface area is 158 Å². The third-order valence-electron chi connectivity index (χ3n) is 4.81. The molecule has 0 aliphatic carbocycles. The Bertz CT molecular complexity index is 938. The molecule has 7 heteroatoms. The predicted octanol–water partition coefficient (Wildman–Crippen LogP) is 1.88. The lowest BCUT2D eigenvalue weighted by Gasteiger charge is -2.31. The molecule has 0 radical (unpaired) electrons. The molecule has 138 valence electrons. The summed E-state index contributed by atoms with van der Waals surface area (Å²) in [6.45, 7) is 4.16. The van der Waals surface area contributed by atoms with Crippen LogP contribution in [0.5, 0.6) is 0 Å². The van der Waals surface area contributed by atoms with E-state index in [0.717, 1.165) is 48.2 Å². The molecule has 1 aliphatic heterocycles. The molecule has 1 N–H and O–H groups in total. The summed E-state index contributed by atoms with van der Waals surface area (Å²) in [5, 5.41) is 12.2. The van der Waals surface area contributed by atoms with Crippen molar-refractivity contribution in [3.63, 3.8) is 0 Å². The first-order valence-corrected chi connectivity index (χ1v) is 9.06. The quantitative estimate of drug-likeness (QED) is 0.764. The Hall–Kier alpha value is -2.90. The number of rotatable bonds is 4. The van der Waals surface area contributed by atoms with E-state index in [1.54, 1.807) is 6.20 Å². The number of nitrogens with zero attached hydrogens (tertiary/aromatic N) is 5. The van der Waals surface area contributed by atoms with Gasteiger partial charge in [-0.05, 0) is 36.9 Å². The maximum atomic E-state index is 12.3. The Morgan fingerprint density at radius 1 is 1.07 bits per heavy atom. The van der Waals surface area contributed by atoms with Gasteiger partial charge in [-0.2, -0.15) is 0 Å². The number of aromatic nitrogens is 3. The summed E-state index contributed by atoms with van der Waals surface area (Å²) in [4.78, 5) is 20.9. The predicted molar refractivity (Wildman–Crippen MR) is 105 cm³/mol. The van der Waals surface area contributed by atoms with Gasteiger partial charge in [0.2, 0.25) is 5.91 Å². The number of carbonyl (C=O) groups excluding carboxylic acids is 1. The first-order chi connectivity index (χ1) is 13.2. The van der Waals surface area contributed by atoms with Gasteiger partial charge in [0.05, 0.1) is 12.1 Å². The molecule has 0 spiro atoms. The van der Waals surface area contributed by atoms with Crippen LogP contribution in [0.25, 0.3) is 22.0 Å². The van der Waals surface area contributed by atoms with Crippen LogP contribution in [0.15, 0.2) is 48.8 Å². The van der Waals surface area contributed by atoms with Gasteiger partial charge in [0.15, 0.2) is 5.82 Å². The highest BCUT2D eigenvalue weighted by atomic mass is 16.2. The maximum absolute atomic E-state index is 12.3. The highest BCUT2D eigenvalue weighted by Gasteiger charge is 2.17. The number of pyridine rings is 1. The van der Waals surface area contributed by atoms with Crippen LogP contribution in [0.1, 0.15) is 0 Å². The number of fused-ring (bicyclic) bond motifs is 1. The molecule has 0 bridgehead atoms. The van der Waals surface area contributed by atoms with Gasteiger partial charge in [-0.15, -0.1) is 10.2 Å². The lowest BCUT2D eigenvalue weighted by molar-refractivity contribution is -0.117. The van der Waals surface area contributed by atoms with Gasteiger partial charge >= 0.3 is 0 Å². The third kappa shape index (κ3) is 4.27. The van der Waals surface area contributed by atoms with Crippen molar-refractivity contribution in [1.82, 2.24) is 25.0 Å². The van der Waals surface area contributed by atoms with Crippen LogP contribution in [0.3, 0.4) is 0 Å². The Kier molecular flexibility index (Phi) is 5.04. The van der Waals surface area contributed by atoms with Crippen molar-refractivity contribution in [3.8, 4) is 11.1 Å². The third-order valence-corrected chi connectivity index (χ3v) is 4.81. The number of hydrogen-bond acceptors (Lipinski definition) is 6. The van der Waals surface area contributed by atoms with Crippen molar-refractivity contribution < 1.29 is 4.79 Å². The number of anilines is 1. The van der Waals surface area contributed by atoms with Crippen LogP contribution in [0.4, 0.5) is 5.82 Å². The first-order valence-electron chi connectivity index (χ1n) is 9.06. The van der Waals surface area contributed by atoms with Crippen molar-refractivity contribution in [2.45, 2.75) is 0 Å². The van der Waals surface area contributed by atoms with Crippen LogP contribution in [0, 0.1) is 0 Å². The number of likely N-dealkylation sites (N-methyl/N-ethyl adjacent to an activating group) is 1. The molecule has 27 heavy (non-hydrogen) atoms. The summed E-state index contributed by atoms with van der Waals surface area (Å²) < 4.78 is 0. The van der Waals surface area contributed by atoms with E-state index < -0.39 is 0 Å². The second kappa shape index (κ2) is 7.77. The van der Waals surface area contributed by atoms with E-state index in [2.05, 4.69) is 37.3 Å². The zero-order valence-electron chi connectivity index (χ0n) is 15.3. The van der Waals surface area contributed by atoms with Gasteiger partial charge in [0.25, 0.3) is 0 Å². The van der Waals surface area contributed by atoms with Gasteiger partial charge in [-0.1, -0.05) is 12.1 Å². The average Bonchev–Trinajstić information content (AvgIpc) is 2.70. The van der Waals surface area contributed by atoms with Gasteiger partial charge in [-0.25, -0.2) is 0 Å². The number of nitrogens with one attached hydrogen (secondary N) is 1. The number of piperazine rings is 1. The van der Waals surface area contributed by atoms with Crippen LogP contribution in [0.2, 0.25) is 0 Å². The molecule has 2 aromatic heterocycles. The molecule has 7 nitrogen and oxygen atoms in total. The fraction of sp³-hybridized carbons (Fsp3) is 0.300. The summed E-state index contributed by atoms with van der Waals surface area (Å²) in [6.07, 6.45) is 3.58. The minimum absolute atomic E-state index is 0.0587. The zero-order valence-corrected chi connectivity index (χ0v) is 15.3. The zero-order chi connectivity index (χ0) is 18.6. The topological polar surface area (TPSA) is 74.2 Å². The summed E-state index contributed by atoms with van der Waals surface area (Å²) in [6, 6.07) is 11.8. The molecule has 1 amide bonds. The molecule has 3 heterocycles. The van der Waals surface area contributed by atoms with Crippen LogP contribution in [-0.2, 0) is 4.79 Å². The molecular formula is C20H22N6O. The standard InChI is InChI=1S/C20H22N6O/c1-25-7-9-26(10-8-25)14-20(27)22-19-12-17-11-15(4-5-18(17)23-24-19)16-3-2-6-21-13-16/h2-6,11-13H,7-10,14H2,1H3,(H,22,24,27). The van der Waals surface area contributed by atoms with E-state index in [1.165, 1.54) is 0 Å². The van der Waals surface area contributed by atoms with E-state index in [1.807, 2.05) is 42.6 Å². The highest BCUT2D eigenvalue weighted by Crippen LogP contribution is 2.23. The molecule has 1 aromatic carbocycles. The minimum Gasteiger partial charge on any atom is -0.308 e. The van der Waals surface area contributed by atoms with E-state index in [-0.39, 0.29) is 5.91 Å². The second-order valence-corrected chi connectivity index (χ2v) is 6.87. The summed E-state index contributed by atoms with van der Waals surface area (Å²) in [5.41, 5.74) is 2.88. The lowest BCUT2D eigenvalue weighted by Crippen LogP contribution is -2.47. The summed E-state index contributed by atoms with van der Waals surface area (Å²) in [7, 11) is 2.10. The van der Waals surface area contributed by atoms with Crippen LogP contribution >= 0.6 is 0 Å². The Balaban J connectivity index is 1.48. The number of carbonyl (C=O) groups is 1. The molecule has 0 unspecified atom stereocenters. The number of amides is 1. The normalized spacial score (nSPS) is 15.7. The van der Waals surface area contributed by atoms with Gasteiger partial charge in [-0.3, -0.25) is 14.7 Å². The molecule has 0 saturated carbocycles. The maximum Gasteiger partial charge on any atom is 0.239 e. The van der Waals surface area contributed by atoms with Crippen LogP contribution < -0.4 is 5.32 Å². The minimum atomic E-state index is -0.0587. The lowest BCUT2D eigenvalue weighted by atomic mass is 10.1.